The molecule has 0 saturated carbocycles. The van der Waals surface area contributed by atoms with E-state index >= 15 is 0 Å². The van der Waals surface area contributed by atoms with Gasteiger partial charge < -0.3 is 5.32 Å². The minimum Gasteiger partial charge on any atom is -0.326 e. The third kappa shape index (κ3) is 3.72. The van der Waals surface area contributed by atoms with Crippen molar-refractivity contribution in [1.29, 1.82) is 0 Å². The summed E-state index contributed by atoms with van der Waals surface area (Å²) in [6.45, 7) is 2.92. The van der Waals surface area contributed by atoms with Crippen molar-refractivity contribution in [2.24, 2.45) is 0 Å². The third-order valence-corrected chi connectivity index (χ3v) is 2.05. The van der Waals surface area contributed by atoms with E-state index in [9.17, 15) is 9.59 Å². The summed E-state index contributed by atoms with van der Waals surface area (Å²) in [5.41, 5.74) is 1.38. The van der Waals surface area contributed by atoms with Crippen molar-refractivity contribution in [3.8, 4) is 0 Å². The van der Waals surface area contributed by atoms with Crippen LogP contribution in [0.1, 0.15) is 19.4 Å². The van der Waals surface area contributed by atoms with Gasteiger partial charge in [-0.25, -0.2) is 0 Å². The quantitative estimate of drug-likeness (QED) is 0.859. The van der Waals surface area contributed by atoms with Crippen LogP contribution < -0.4 is 5.32 Å². The van der Waals surface area contributed by atoms with Crippen LogP contribution in [0.15, 0.2) is 18.2 Å². The lowest BCUT2D eigenvalue weighted by molar-refractivity contribution is -0.116. The lowest BCUT2D eigenvalue weighted by Gasteiger charge is -2.08. The van der Waals surface area contributed by atoms with E-state index in [2.05, 4.69) is 5.32 Å². The molecule has 0 aromatic heterocycles. The first-order chi connectivity index (χ1) is 6.99. The zero-order valence-corrected chi connectivity index (χ0v) is 9.39. The van der Waals surface area contributed by atoms with Gasteiger partial charge in [0.05, 0.1) is 0 Å². The summed E-state index contributed by atoms with van der Waals surface area (Å²) in [4.78, 5) is 21.9. The van der Waals surface area contributed by atoms with Crippen LogP contribution in [0.3, 0.4) is 0 Å². The van der Waals surface area contributed by atoms with E-state index in [1.165, 1.54) is 13.8 Å². The fraction of sp³-hybridized carbons (Fsp3) is 0.273. The number of hydrogen-bond acceptors (Lipinski definition) is 2. The van der Waals surface area contributed by atoms with Gasteiger partial charge >= 0.3 is 0 Å². The van der Waals surface area contributed by atoms with Crippen molar-refractivity contribution < 1.29 is 9.59 Å². The molecule has 0 aliphatic heterocycles. The maximum atomic E-state index is 11.0. The molecule has 80 valence electrons. The molecule has 0 saturated heterocycles. The number of amides is 1. The molecule has 1 N–H and O–H groups in total. The predicted octanol–water partition coefficient (Wildman–Crippen LogP) is 2.43. The molecule has 0 aliphatic carbocycles. The van der Waals surface area contributed by atoms with Gasteiger partial charge in [0.1, 0.15) is 5.78 Å². The van der Waals surface area contributed by atoms with Gasteiger partial charge in [0.25, 0.3) is 0 Å². The van der Waals surface area contributed by atoms with Crippen molar-refractivity contribution in [2.75, 3.05) is 5.32 Å². The van der Waals surface area contributed by atoms with Crippen LogP contribution in [0.5, 0.6) is 0 Å². The van der Waals surface area contributed by atoms with E-state index in [0.717, 1.165) is 5.56 Å². The summed E-state index contributed by atoms with van der Waals surface area (Å²) in [7, 11) is 0. The Balaban J connectivity index is 3.02. The number of halogens is 1. The summed E-state index contributed by atoms with van der Waals surface area (Å²) in [6, 6.07) is 5.06. The molecule has 1 amide bonds. The highest BCUT2D eigenvalue weighted by atomic mass is 35.5. The number of Topliss-reactive ketones (excluding diaryl/α,β-unsaturated/α-hetero) is 1. The van der Waals surface area contributed by atoms with Crippen LogP contribution in [0.2, 0.25) is 5.02 Å². The molecular weight excluding hydrogens is 214 g/mol. The third-order valence-electron chi connectivity index (χ3n) is 1.82. The number of anilines is 1. The van der Waals surface area contributed by atoms with E-state index < -0.39 is 0 Å². The molecule has 0 aliphatic rings. The fourth-order valence-corrected chi connectivity index (χ4v) is 1.48. The predicted molar refractivity (Wildman–Crippen MR) is 60.1 cm³/mol. The van der Waals surface area contributed by atoms with Gasteiger partial charge in [-0.2, -0.15) is 0 Å². The zero-order valence-electron chi connectivity index (χ0n) is 8.63. The van der Waals surface area contributed by atoms with Gasteiger partial charge in [0.2, 0.25) is 5.91 Å². The second-order valence-corrected chi connectivity index (χ2v) is 3.80. The second-order valence-electron chi connectivity index (χ2n) is 3.36. The molecule has 1 aromatic rings. The average Bonchev–Trinajstić information content (AvgIpc) is 2.08. The summed E-state index contributed by atoms with van der Waals surface area (Å²) in [6.07, 6.45) is 0.274. The molecule has 0 fully saturated rings. The Hall–Kier alpha value is -1.35. The van der Waals surface area contributed by atoms with E-state index in [-0.39, 0.29) is 18.1 Å². The zero-order chi connectivity index (χ0) is 11.4. The fourth-order valence-electron chi connectivity index (χ4n) is 1.29. The van der Waals surface area contributed by atoms with Crippen LogP contribution in [0.25, 0.3) is 0 Å². The molecule has 0 spiro atoms. The van der Waals surface area contributed by atoms with E-state index in [1.54, 1.807) is 18.2 Å². The highest BCUT2D eigenvalue weighted by Gasteiger charge is 2.06. The molecule has 3 nitrogen and oxygen atoms in total. The second kappa shape index (κ2) is 4.94. The van der Waals surface area contributed by atoms with Gasteiger partial charge in [-0.3, -0.25) is 9.59 Å². The number of hydrogen-bond donors (Lipinski definition) is 1. The smallest absolute Gasteiger partial charge is 0.221 e. The first-order valence-corrected chi connectivity index (χ1v) is 4.92. The Morgan fingerprint density at radius 3 is 2.53 bits per heavy atom. The summed E-state index contributed by atoms with van der Waals surface area (Å²) >= 11 is 5.81. The number of benzene rings is 1. The average molecular weight is 226 g/mol. The van der Waals surface area contributed by atoms with Crippen molar-refractivity contribution in [3.63, 3.8) is 0 Å². The number of nitrogens with one attached hydrogen (secondary N) is 1. The van der Waals surface area contributed by atoms with Gasteiger partial charge in [-0.1, -0.05) is 11.6 Å². The van der Waals surface area contributed by atoms with Gasteiger partial charge in [0.15, 0.2) is 0 Å². The van der Waals surface area contributed by atoms with Crippen LogP contribution in [0, 0.1) is 0 Å². The van der Waals surface area contributed by atoms with Crippen LogP contribution in [0.4, 0.5) is 5.69 Å². The van der Waals surface area contributed by atoms with E-state index in [1.807, 2.05) is 0 Å². The lowest BCUT2D eigenvalue weighted by Crippen LogP contribution is -2.09. The number of carbonyl (C=O) groups excluding carboxylic acids is 2. The molecule has 1 rings (SSSR count). The number of rotatable bonds is 3. The van der Waals surface area contributed by atoms with Crippen molar-refractivity contribution in [3.05, 3.63) is 28.8 Å². The first-order valence-electron chi connectivity index (χ1n) is 4.54. The molecule has 0 atom stereocenters. The minimum atomic E-state index is -0.165. The Bertz CT molecular complexity index is 402. The molecule has 1 aromatic carbocycles. The SMILES string of the molecule is CC(=O)Cc1cc(Cl)ccc1NC(C)=O. The summed E-state index contributed by atoms with van der Waals surface area (Å²) < 4.78 is 0. The molecule has 4 heteroatoms. The van der Waals surface area contributed by atoms with Gasteiger partial charge in [-0.05, 0) is 30.7 Å². The molecular formula is C11H12ClNO2. The van der Waals surface area contributed by atoms with Gasteiger partial charge in [-0.15, -0.1) is 0 Å². The largest absolute Gasteiger partial charge is 0.326 e. The molecule has 0 radical (unpaired) electrons. The van der Waals surface area contributed by atoms with Crippen molar-refractivity contribution in [2.45, 2.75) is 20.3 Å². The highest BCUT2D eigenvalue weighted by Crippen LogP contribution is 2.21. The van der Waals surface area contributed by atoms with E-state index in [0.29, 0.717) is 10.7 Å². The molecule has 0 bridgehead atoms. The van der Waals surface area contributed by atoms with Crippen LogP contribution >= 0.6 is 11.6 Å². The normalized spacial score (nSPS) is 9.80. The van der Waals surface area contributed by atoms with Crippen LogP contribution in [-0.4, -0.2) is 11.7 Å². The minimum absolute atomic E-state index is 0.0314. The van der Waals surface area contributed by atoms with Gasteiger partial charge in [0, 0.05) is 24.1 Å². The van der Waals surface area contributed by atoms with Crippen LogP contribution in [-0.2, 0) is 16.0 Å². The summed E-state index contributed by atoms with van der Waals surface area (Å²) in [5, 5.41) is 3.21. The molecule has 0 heterocycles. The first kappa shape index (κ1) is 11.7. The number of ketones is 1. The Morgan fingerprint density at radius 2 is 2.00 bits per heavy atom. The maximum absolute atomic E-state index is 11.0. The standard InChI is InChI=1S/C11H12ClNO2/c1-7(14)5-9-6-10(12)3-4-11(9)13-8(2)15/h3-4,6H,5H2,1-2H3,(H,13,15). The monoisotopic (exact) mass is 225 g/mol. The topological polar surface area (TPSA) is 46.2 Å². The Morgan fingerprint density at radius 1 is 1.33 bits per heavy atom. The summed E-state index contributed by atoms with van der Waals surface area (Å²) in [5.74, 6) is -0.133. The number of carbonyl (C=O) groups is 2. The Labute approximate surface area is 93.4 Å². The maximum Gasteiger partial charge on any atom is 0.221 e. The van der Waals surface area contributed by atoms with E-state index in [4.69, 9.17) is 11.6 Å². The highest BCUT2D eigenvalue weighted by molar-refractivity contribution is 6.30. The lowest BCUT2D eigenvalue weighted by atomic mass is 10.1. The van der Waals surface area contributed by atoms with Crippen molar-refractivity contribution in [1.82, 2.24) is 0 Å². The van der Waals surface area contributed by atoms with Crippen molar-refractivity contribution >= 4 is 29.0 Å². The molecule has 0 unspecified atom stereocenters. The molecule has 15 heavy (non-hydrogen) atoms. The Kier molecular flexibility index (Phi) is 3.86.